The Morgan fingerprint density at radius 1 is 1.14 bits per heavy atom. The summed E-state index contributed by atoms with van der Waals surface area (Å²) in [6, 6.07) is 14.5. The summed E-state index contributed by atoms with van der Waals surface area (Å²) < 4.78 is 1.89. The predicted molar refractivity (Wildman–Crippen MR) is 88.5 cm³/mol. The molecule has 3 rings (SSSR count). The Bertz CT molecular complexity index is 675. The van der Waals surface area contributed by atoms with E-state index >= 15 is 0 Å². The Morgan fingerprint density at radius 2 is 1.82 bits per heavy atom. The summed E-state index contributed by atoms with van der Waals surface area (Å²) in [6.07, 6.45) is 0. The van der Waals surface area contributed by atoms with Crippen LogP contribution in [0.3, 0.4) is 0 Å². The highest BCUT2D eigenvalue weighted by Gasteiger charge is 2.22. The van der Waals surface area contributed by atoms with Gasteiger partial charge in [-0.3, -0.25) is 4.90 Å². The molecule has 5 heteroatoms. The summed E-state index contributed by atoms with van der Waals surface area (Å²) in [5, 5.41) is 9.11. The fourth-order valence-corrected chi connectivity index (χ4v) is 3.08. The van der Waals surface area contributed by atoms with E-state index in [-0.39, 0.29) is 0 Å². The van der Waals surface area contributed by atoms with Crippen molar-refractivity contribution in [2.75, 3.05) is 36.8 Å². The predicted octanol–water partition coefficient (Wildman–Crippen LogP) is 1.80. The first kappa shape index (κ1) is 14.5. The number of anilines is 2. The molecule has 0 radical (unpaired) electrons. The van der Waals surface area contributed by atoms with Crippen LogP contribution < -0.4 is 10.6 Å². The van der Waals surface area contributed by atoms with E-state index in [4.69, 9.17) is 11.0 Å². The van der Waals surface area contributed by atoms with E-state index in [1.165, 1.54) is 5.56 Å². The molecular weight excluding hydrogens is 274 g/mol. The van der Waals surface area contributed by atoms with Crippen LogP contribution in [-0.2, 0) is 13.6 Å². The van der Waals surface area contributed by atoms with Crippen LogP contribution in [0.5, 0.6) is 0 Å². The van der Waals surface area contributed by atoms with Crippen molar-refractivity contribution in [2.24, 2.45) is 7.05 Å². The zero-order valence-electron chi connectivity index (χ0n) is 12.9. The molecule has 0 bridgehead atoms. The van der Waals surface area contributed by atoms with Gasteiger partial charge in [-0.2, -0.15) is 5.26 Å². The SMILES string of the molecule is Cn1c(C#N)cc(N)c1N1CCN(Cc2ccccc2)CC1. The lowest BCUT2D eigenvalue weighted by Gasteiger charge is -2.36. The van der Waals surface area contributed by atoms with Crippen LogP contribution in [0, 0.1) is 11.3 Å². The highest BCUT2D eigenvalue weighted by molar-refractivity contribution is 5.67. The van der Waals surface area contributed by atoms with Crippen LogP contribution in [0.15, 0.2) is 36.4 Å². The monoisotopic (exact) mass is 295 g/mol. The Hall–Kier alpha value is -2.45. The van der Waals surface area contributed by atoms with Crippen molar-refractivity contribution in [1.82, 2.24) is 9.47 Å². The molecule has 0 atom stereocenters. The molecule has 0 spiro atoms. The molecule has 0 unspecified atom stereocenters. The second kappa shape index (κ2) is 6.12. The second-order valence-corrected chi connectivity index (χ2v) is 5.73. The van der Waals surface area contributed by atoms with Crippen molar-refractivity contribution >= 4 is 11.5 Å². The van der Waals surface area contributed by atoms with Gasteiger partial charge in [-0.25, -0.2) is 0 Å². The fourth-order valence-electron chi connectivity index (χ4n) is 3.08. The summed E-state index contributed by atoms with van der Waals surface area (Å²) in [5.74, 6) is 0.968. The van der Waals surface area contributed by atoms with Crippen LogP contribution in [0.1, 0.15) is 11.3 Å². The smallest absolute Gasteiger partial charge is 0.133 e. The minimum absolute atomic E-state index is 0.610. The lowest BCUT2D eigenvalue weighted by atomic mass is 10.2. The minimum Gasteiger partial charge on any atom is -0.396 e. The van der Waals surface area contributed by atoms with Crippen LogP contribution in [0.2, 0.25) is 0 Å². The largest absolute Gasteiger partial charge is 0.396 e. The van der Waals surface area contributed by atoms with Gasteiger partial charge in [0.15, 0.2) is 0 Å². The van der Waals surface area contributed by atoms with E-state index in [1.807, 2.05) is 17.7 Å². The number of nitrogen functional groups attached to an aromatic ring is 1. The van der Waals surface area contributed by atoms with Gasteiger partial charge in [0.1, 0.15) is 17.6 Å². The molecule has 1 fully saturated rings. The highest BCUT2D eigenvalue weighted by atomic mass is 15.3. The number of piperazine rings is 1. The molecule has 1 saturated heterocycles. The number of hydrogen-bond donors (Lipinski definition) is 1. The number of nitrogens with zero attached hydrogens (tertiary/aromatic N) is 4. The minimum atomic E-state index is 0.610. The van der Waals surface area contributed by atoms with Gasteiger partial charge in [0.05, 0.1) is 5.69 Å². The van der Waals surface area contributed by atoms with E-state index in [0.29, 0.717) is 11.4 Å². The molecule has 1 aliphatic heterocycles. The number of nitrogens with two attached hydrogens (primary N) is 1. The average Bonchev–Trinajstić information content (AvgIpc) is 2.83. The molecule has 2 heterocycles. The fraction of sp³-hybridized carbons (Fsp3) is 0.353. The van der Waals surface area contributed by atoms with Crippen molar-refractivity contribution in [3.8, 4) is 6.07 Å². The third-order valence-corrected chi connectivity index (χ3v) is 4.26. The van der Waals surface area contributed by atoms with E-state index in [1.54, 1.807) is 6.07 Å². The molecule has 2 aromatic rings. The summed E-state index contributed by atoms with van der Waals surface area (Å²) in [4.78, 5) is 4.73. The molecule has 114 valence electrons. The Morgan fingerprint density at radius 3 is 2.41 bits per heavy atom. The number of benzene rings is 1. The van der Waals surface area contributed by atoms with Crippen LogP contribution >= 0.6 is 0 Å². The molecule has 1 aromatic heterocycles. The topological polar surface area (TPSA) is 61.2 Å². The van der Waals surface area contributed by atoms with Gasteiger partial charge in [-0.15, -0.1) is 0 Å². The van der Waals surface area contributed by atoms with Gasteiger partial charge in [-0.1, -0.05) is 30.3 Å². The van der Waals surface area contributed by atoms with Gasteiger partial charge in [0.25, 0.3) is 0 Å². The van der Waals surface area contributed by atoms with E-state index in [2.05, 4.69) is 40.1 Å². The summed E-state index contributed by atoms with van der Waals surface area (Å²) in [5.41, 5.74) is 8.73. The Balaban J connectivity index is 1.65. The van der Waals surface area contributed by atoms with Gasteiger partial charge in [0, 0.05) is 39.8 Å². The maximum atomic E-state index is 9.11. The maximum absolute atomic E-state index is 9.11. The molecule has 1 aliphatic rings. The third kappa shape index (κ3) is 2.78. The highest BCUT2D eigenvalue weighted by Crippen LogP contribution is 2.27. The standard InChI is InChI=1S/C17H21N5/c1-20-15(12-18)11-16(19)17(20)22-9-7-21(8-10-22)13-14-5-3-2-4-6-14/h2-6,11H,7-10,13,19H2,1H3. The van der Waals surface area contributed by atoms with E-state index in [0.717, 1.165) is 38.5 Å². The zero-order valence-corrected chi connectivity index (χ0v) is 12.9. The number of rotatable bonds is 3. The normalized spacial score (nSPS) is 15.7. The van der Waals surface area contributed by atoms with Gasteiger partial charge >= 0.3 is 0 Å². The van der Waals surface area contributed by atoms with Crippen LogP contribution in [0.4, 0.5) is 11.5 Å². The van der Waals surface area contributed by atoms with Crippen LogP contribution in [-0.4, -0.2) is 35.6 Å². The van der Waals surface area contributed by atoms with Gasteiger partial charge < -0.3 is 15.2 Å². The summed E-state index contributed by atoms with van der Waals surface area (Å²) in [6.45, 7) is 4.85. The van der Waals surface area contributed by atoms with Crippen molar-refractivity contribution < 1.29 is 0 Å². The molecule has 2 N–H and O–H groups in total. The first-order valence-corrected chi connectivity index (χ1v) is 7.55. The maximum Gasteiger partial charge on any atom is 0.133 e. The van der Waals surface area contributed by atoms with E-state index < -0.39 is 0 Å². The van der Waals surface area contributed by atoms with Gasteiger partial charge in [-0.05, 0) is 11.6 Å². The van der Waals surface area contributed by atoms with Crippen molar-refractivity contribution in [2.45, 2.75) is 6.54 Å². The summed E-state index contributed by atoms with van der Waals surface area (Å²) >= 11 is 0. The summed E-state index contributed by atoms with van der Waals surface area (Å²) in [7, 11) is 1.90. The van der Waals surface area contributed by atoms with Crippen molar-refractivity contribution in [3.05, 3.63) is 47.7 Å². The third-order valence-electron chi connectivity index (χ3n) is 4.26. The van der Waals surface area contributed by atoms with Crippen LogP contribution in [0.25, 0.3) is 0 Å². The second-order valence-electron chi connectivity index (χ2n) is 5.73. The Kier molecular flexibility index (Phi) is 4.03. The molecule has 22 heavy (non-hydrogen) atoms. The molecular formula is C17H21N5. The average molecular weight is 295 g/mol. The molecule has 5 nitrogen and oxygen atoms in total. The molecule has 0 aliphatic carbocycles. The molecule has 0 amide bonds. The first-order chi connectivity index (χ1) is 10.7. The van der Waals surface area contributed by atoms with Crippen molar-refractivity contribution in [1.29, 1.82) is 5.26 Å². The van der Waals surface area contributed by atoms with Crippen molar-refractivity contribution in [3.63, 3.8) is 0 Å². The Labute approximate surface area is 131 Å². The lowest BCUT2D eigenvalue weighted by Crippen LogP contribution is -2.46. The lowest BCUT2D eigenvalue weighted by molar-refractivity contribution is 0.249. The quantitative estimate of drug-likeness (QED) is 0.938. The molecule has 0 saturated carbocycles. The number of aromatic nitrogens is 1. The first-order valence-electron chi connectivity index (χ1n) is 7.55. The number of hydrogen-bond acceptors (Lipinski definition) is 4. The molecule has 1 aromatic carbocycles. The zero-order chi connectivity index (χ0) is 15.5. The van der Waals surface area contributed by atoms with Gasteiger partial charge in [0.2, 0.25) is 0 Å². The number of nitriles is 1. The van der Waals surface area contributed by atoms with E-state index in [9.17, 15) is 0 Å².